The van der Waals surface area contributed by atoms with Gasteiger partial charge in [-0.3, -0.25) is 4.79 Å². The van der Waals surface area contributed by atoms with Gasteiger partial charge in [0.2, 0.25) is 6.79 Å². The van der Waals surface area contributed by atoms with Gasteiger partial charge in [0.15, 0.2) is 29.1 Å². The van der Waals surface area contributed by atoms with Crippen LogP contribution in [0.4, 0.5) is 5.69 Å². The van der Waals surface area contributed by atoms with Crippen LogP contribution in [0.5, 0.6) is 23.0 Å². The fourth-order valence-corrected chi connectivity index (χ4v) is 2.69. The van der Waals surface area contributed by atoms with Crippen LogP contribution in [-0.4, -0.2) is 39.0 Å². The van der Waals surface area contributed by atoms with E-state index in [1.54, 1.807) is 36.4 Å². The van der Waals surface area contributed by atoms with Crippen molar-refractivity contribution in [2.75, 3.05) is 26.3 Å². The monoisotopic (exact) mass is 399 g/mol. The van der Waals surface area contributed by atoms with E-state index in [1.165, 1.54) is 33.3 Å². The van der Waals surface area contributed by atoms with Gasteiger partial charge in [0.1, 0.15) is 0 Å². The zero-order valence-electron chi connectivity index (χ0n) is 16.3. The van der Waals surface area contributed by atoms with Crippen LogP contribution < -0.4 is 24.3 Å². The zero-order valence-corrected chi connectivity index (χ0v) is 16.3. The maximum atomic E-state index is 12.3. The van der Waals surface area contributed by atoms with E-state index in [1.807, 2.05) is 0 Å². The molecule has 0 spiro atoms. The number of hydrogen-bond acceptors (Lipinski definition) is 7. The molecule has 1 N–H and O–H groups in total. The first-order valence-corrected chi connectivity index (χ1v) is 8.82. The molecule has 0 radical (unpaired) electrons. The van der Waals surface area contributed by atoms with E-state index in [0.717, 1.165) is 0 Å². The van der Waals surface area contributed by atoms with Gasteiger partial charge >= 0.3 is 5.97 Å². The quantitative estimate of drug-likeness (QED) is 0.565. The van der Waals surface area contributed by atoms with Crippen molar-refractivity contribution >= 4 is 23.6 Å². The molecule has 0 unspecified atom stereocenters. The second-order valence-electron chi connectivity index (χ2n) is 6.05. The SMILES string of the molecule is COc1cccc(/C=C/C(=O)O[C@H](C)C(=O)Nc2ccc3c(c2)OCO3)c1OC. The maximum Gasteiger partial charge on any atom is 0.331 e. The molecule has 0 fully saturated rings. The third-order valence-electron chi connectivity index (χ3n) is 4.13. The minimum absolute atomic E-state index is 0.144. The molecule has 1 heterocycles. The van der Waals surface area contributed by atoms with Gasteiger partial charge in [-0.1, -0.05) is 12.1 Å². The van der Waals surface area contributed by atoms with Crippen molar-refractivity contribution in [1.29, 1.82) is 0 Å². The molecule has 2 aromatic carbocycles. The number of esters is 1. The minimum Gasteiger partial charge on any atom is -0.493 e. The summed E-state index contributed by atoms with van der Waals surface area (Å²) in [6, 6.07) is 10.3. The molecule has 0 bridgehead atoms. The van der Waals surface area contributed by atoms with E-state index in [-0.39, 0.29) is 6.79 Å². The van der Waals surface area contributed by atoms with Gasteiger partial charge in [0.25, 0.3) is 5.91 Å². The standard InChI is InChI=1S/C21H21NO7/c1-13(21(24)22-15-8-9-16-18(11-15)28-12-27-16)29-19(23)10-7-14-5-4-6-17(25-2)20(14)26-3/h4-11,13H,12H2,1-3H3,(H,22,24)/b10-7+/t13-/m1/s1. The lowest BCUT2D eigenvalue weighted by atomic mass is 10.1. The highest BCUT2D eigenvalue weighted by atomic mass is 16.7. The molecule has 1 aliphatic heterocycles. The average Bonchev–Trinajstić information content (AvgIpc) is 3.19. The van der Waals surface area contributed by atoms with Crippen molar-refractivity contribution < 1.29 is 33.3 Å². The summed E-state index contributed by atoms with van der Waals surface area (Å²) in [6.45, 7) is 1.63. The maximum absolute atomic E-state index is 12.3. The minimum atomic E-state index is -0.996. The highest BCUT2D eigenvalue weighted by Gasteiger charge is 2.19. The van der Waals surface area contributed by atoms with Crippen molar-refractivity contribution in [3.8, 4) is 23.0 Å². The third-order valence-corrected chi connectivity index (χ3v) is 4.13. The molecule has 1 atom stereocenters. The second-order valence-corrected chi connectivity index (χ2v) is 6.05. The summed E-state index contributed by atoms with van der Waals surface area (Å²) in [5.74, 6) is 1.06. The van der Waals surface area contributed by atoms with Gasteiger partial charge in [0.05, 0.1) is 14.2 Å². The van der Waals surface area contributed by atoms with Crippen LogP contribution in [0.3, 0.4) is 0 Å². The molecule has 1 amide bonds. The molecule has 0 saturated carbocycles. The summed E-state index contributed by atoms with van der Waals surface area (Å²) in [7, 11) is 3.04. The van der Waals surface area contributed by atoms with Gasteiger partial charge in [-0.2, -0.15) is 0 Å². The van der Waals surface area contributed by atoms with Crippen LogP contribution in [-0.2, 0) is 14.3 Å². The molecular weight excluding hydrogens is 378 g/mol. The molecule has 3 rings (SSSR count). The van der Waals surface area contributed by atoms with Crippen LogP contribution in [0, 0.1) is 0 Å². The van der Waals surface area contributed by atoms with Gasteiger partial charge < -0.3 is 29.0 Å². The number of benzene rings is 2. The Balaban J connectivity index is 1.59. The Labute approximate surface area is 168 Å². The van der Waals surface area contributed by atoms with Crippen molar-refractivity contribution in [2.45, 2.75) is 13.0 Å². The number of carbonyl (C=O) groups is 2. The van der Waals surface area contributed by atoms with Crippen molar-refractivity contribution in [1.82, 2.24) is 0 Å². The Kier molecular flexibility index (Phi) is 6.23. The van der Waals surface area contributed by atoms with Gasteiger partial charge in [0, 0.05) is 23.4 Å². The average molecular weight is 399 g/mol. The van der Waals surface area contributed by atoms with Crippen molar-refractivity contribution in [3.05, 3.63) is 48.0 Å². The van der Waals surface area contributed by atoms with E-state index >= 15 is 0 Å². The molecule has 29 heavy (non-hydrogen) atoms. The molecule has 2 aromatic rings. The molecule has 1 aliphatic rings. The Morgan fingerprint density at radius 1 is 1.10 bits per heavy atom. The van der Waals surface area contributed by atoms with Crippen LogP contribution in [0.25, 0.3) is 6.08 Å². The fraction of sp³-hybridized carbons (Fsp3) is 0.238. The largest absolute Gasteiger partial charge is 0.493 e. The van der Waals surface area contributed by atoms with E-state index in [0.29, 0.717) is 34.2 Å². The van der Waals surface area contributed by atoms with Crippen molar-refractivity contribution in [2.24, 2.45) is 0 Å². The van der Waals surface area contributed by atoms with E-state index < -0.39 is 18.0 Å². The number of hydrogen-bond donors (Lipinski definition) is 1. The lowest BCUT2D eigenvalue weighted by Crippen LogP contribution is -2.29. The Hall–Kier alpha value is -3.68. The van der Waals surface area contributed by atoms with Crippen LogP contribution in [0.2, 0.25) is 0 Å². The van der Waals surface area contributed by atoms with E-state index in [9.17, 15) is 9.59 Å². The lowest BCUT2D eigenvalue weighted by molar-refractivity contribution is -0.148. The number of nitrogens with one attached hydrogen (secondary N) is 1. The molecule has 8 heteroatoms. The van der Waals surface area contributed by atoms with Gasteiger partial charge in [-0.15, -0.1) is 0 Å². The molecule has 0 aromatic heterocycles. The predicted molar refractivity (Wildman–Crippen MR) is 105 cm³/mol. The first-order valence-electron chi connectivity index (χ1n) is 8.82. The molecule has 0 saturated heterocycles. The summed E-state index contributed by atoms with van der Waals surface area (Å²) in [5.41, 5.74) is 1.15. The third kappa shape index (κ3) is 4.78. The number of carbonyl (C=O) groups excluding carboxylic acids is 2. The predicted octanol–water partition coefficient (Wildman–Crippen LogP) is 3.02. The smallest absolute Gasteiger partial charge is 0.331 e. The Bertz CT molecular complexity index is 939. The van der Waals surface area contributed by atoms with Crippen LogP contribution >= 0.6 is 0 Å². The molecule has 8 nitrogen and oxygen atoms in total. The molecular formula is C21H21NO7. The van der Waals surface area contributed by atoms with Crippen LogP contribution in [0.1, 0.15) is 12.5 Å². The second kappa shape index (κ2) is 9.01. The topological polar surface area (TPSA) is 92.3 Å². The van der Waals surface area contributed by atoms with Gasteiger partial charge in [-0.25, -0.2) is 4.79 Å². The highest BCUT2D eigenvalue weighted by molar-refractivity contribution is 5.97. The van der Waals surface area contributed by atoms with E-state index in [2.05, 4.69) is 5.32 Å². The first-order chi connectivity index (χ1) is 14.0. The normalized spacial score (nSPS) is 13.1. The number of para-hydroxylation sites is 1. The summed E-state index contributed by atoms with van der Waals surface area (Å²) >= 11 is 0. The summed E-state index contributed by atoms with van der Waals surface area (Å²) in [5, 5.41) is 2.67. The summed E-state index contributed by atoms with van der Waals surface area (Å²) < 4.78 is 26.2. The number of anilines is 1. The first kappa shape index (κ1) is 20.1. The van der Waals surface area contributed by atoms with Crippen molar-refractivity contribution in [3.63, 3.8) is 0 Å². The number of ether oxygens (including phenoxy) is 5. The van der Waals surface area contributed by atoms with Gasteiger partial charge in [-0.05, 0) is 31.2 Å². The summed E-state index contributed by atoms with van der Waals surface area (Å²) in [4.78, 5) is 24.4. The molecule has 0 aliphatic carbocycles. The molecule has 152 valence electrons. The van der Waals surface area contributed by atoms with E-state index in [4.69, 9.17) is 23.7 Å². The number of amides is 1. The lowest BCUT2D eigenvalue weighted by Gasteiger charge is -2.13. The number of rotatable bonds is 7. The van der Waals surface area contributed by atoms with Crippen LogP contribution in [0.15, 0.2) is 42.5 Å². The Morgan fingerprint density at radius 2 is 1.90 bits per heavy atom. The fourth-order valence-electron chi connectivity index (χ4n) is 2.69. The number of methoxy groups -OCH3 is 2. The zero-order chi connectivity index (χ0) is 20.8. The highest BCUT2D eigenvalue weighted by Crippen LogP contribution is 2.34. The number of fused-ring (bicyclic) bond motifs is 1. The summed E-state index contributed by atoms with van der Waals surface area (Å²) in [6.07, 6.45) is 1.76. The Morgan fingerprint density at radius 3 is 2.66 bits per heavy atom.